The number of nitrogens with one attached hydrogen (secondary N) is 2. The third-order valence-corrected chi connectivity index (χ3v) is 4.91. The van der Waals surface area contributed by atoms with Crippen LogP contribution in [-0.2, 0) is 9.59 Å². The first-order chi connectivity index (χ1) is 12.0. The van der Waals surface area contributed by atoms with Crippen molar-refractivity contribution in [2.45, 2.75) is 25.1 Å². The molecule has 1 aromatic heterocycles. The smallest absolute Gasteiger partial charge is 0.234 e. The van der Waals surface area contributed by atoms with Crippen LogP contribution < -0.4 is 15.4 Å². The van der Waals surface area contributed by atoms with Crippen LogP contribution in [0.25, 0.3) is 0 Å². The standard InChI is InChI=1S/C16H20N4O3S2/c1-4-23-12-7-5-11(6-8-12)17-13(21)9-24-16-20-19-15(25-16)18-14(22)10(2)3/h5-8,10H,4,9H2,1-3H3,(H,17,21)(H,18,19,22). The maximum atomic E-state index is 12.0. The topological polar surface area (TPSA) is 93.2 Å². The van der Waals surface area contributed by atoms with Gasteiger partial charge in [-0.25, -0.2) is 0 Å². The highest BCUT2D eigenvalue weighted by Gasteiger charge is 2.12. The van der Waals surface area contributed by atoms with E-state index >= 15 is 0 Å². The molecule has 2 aromatic rings. The highest BCUT2D eigenvalue weighted by atomic mass is 32.2. The van der Waals surface area contributed by atoms with Crippen molar-refractivity contribution in [3.05, 3.63) is 24.3 Å². The van der Waals surface area contributed by atoms with Crippen molar-refractivity contribution in [1.29, 1.82) is 0 Å². The Kier molecular flexibility index (Phi) is 7.20. The Morgan fingerprint density at radius 1 is 1.20 bits per heavy atom. The van der Waals surface area contributed by atoms with E-state index in [2.05, 4.69) is 20.8 Å². The van der Waals surface area contributed by atoms with E-state index < -0.39 is 0 Å². The molecule has 0 saturated heterocycles. The lowest BCUT2D eigenvalue weighted by Gasteiger charge is -2.06. The first-order valence-electron chi connectivity index (χ1n) is 7.77. The molecule has 1 aromatic carbocycles. The van der Waals surface area contributed by atoms with E-state index in [-0.39, 0.29) is 23.5 Å². The summed E-state index contributed by atoms with van der Waals surface area (Å²) >= 11 is 2.52. The van der Waals surface area contributed by atoms with Crippen LogP contribution in [0.15, 0.2) is 28.6 Å². The monoisotopic (exact) mass is 380 g/mol. The molecule has 1 heterocycles. The number of rotatable bonds is 8. The zero-order valence-electron chi connectivity index (χ0n) is 14.2. The fourth-order valence-corrected chi connectivity index (χ4v) is 3.25. The summed E-state index contributed by atoms with van der Waals surface area (Å²) in [5, 5.41) is 13.8. The van der Waals surface area contributed by atoms with Gasteiger partial charge >= 0.3 is 0 Å². The van der Waals surface area contributed by atoms with Gasteiger partial charge in [-0.05, 0) is 31.2 Å². The summed E-state index contributed by atoms with van der Waals surface area (Å²) < 4.78 is 5.98. The molecular weight excluding hydrogens is 360 g/mol. The number of hydrogen-bond donors (Lipinski definition) is 2. The predicted molar refractivity (Wildman–Crippen MR) is 100 cm³/mol. The number of carbonyl (C=O) groups excluding carboxylic acids is 2. The van der Waals surface area contributed by atoms with Gasteiger partial charge in [0.25, 0.3) is 0 Å². The average Bonchev–Trinajstić information content (AvgIpc) is 3.02. The first-order valence-corrected chi connectivity index (χ1v) is 9.58. The molecule has 2 rings (SSSR count). The Balaban J connectivity index is 1.80. The minimum absolute atomic E-state index is 0.110. The van der Waals surface area contributed by atoms with Crippen LogP contribution in [-0.4, -0.2) is 34.4 Å². The molecule has 0 aliphatic rings. The summed E-state index contributed by atoms with van der Waals surface area (Å²) in [5.74, 6) is 0.595. The fourth-order valence-electron chi connectivity index (χ4n) is 1.69. The van der Waals surface area contributed by atoms with E-state index in [0.29, 0.717) is 21.8 Å². The van der Waals surface area contributed by atoms with Gasteiger partial charge in [0.1, 0.15) is 5.75 Å². The summed E-state index contributed by atoms with van der Waals surface area (Å²) in [7, 11) is 0. The van der Waals surface area contributed by atoms with Gasteiger partial charge in [0.15, 0.2) is 4.34 Å². The van der Waals surface area contributed by atoms with Crippen LogP contribution in [0, 0.1) is 5.92 Å². The van der Waals surface area contributed by atoms with Gasteiger partial charge in [-0.2, -0.15) is 0 Å². The SMILES string of the molecule is CCOc1ccc(NC(=O)CSc2nnc(NC(=O)C(C)C)s2)cc1. The summed E-state index contributed by atoms with van der Waals surface area (Å²) in [5.41, 5.74) is 0.705. The highest BCUT2D eigenvalue weighted by molar-refractivity contribution is 8.01. The molecule has 0 saturated carbocycles. The number of amides is 2. The summed E-state index contributed by atoms with van der Waals surface area (Å²) in [6, 6.07) is 7.19. The van der Waals surface area contributed by atoms with Crippen molar-refractivity contribution in [1.82, 2.24) is 10.2 Å². The second-order valence-corrected chi connectivity index (χ2v) is 7.51. The van der Waals surface area contributed by atoms with Crippen LogP contribution in [0.5, 0.6) is 5.75 Å². The second-order valence-electron chi connectivity index (χ2n) is 5.31. The van der Waals surface area contributed by atoms with Gasteiger partial charge in [0.05, 0.1) is 12.4 Å². The normalized spacial score (nSPS) is 10.6. The number of aromatic nitrogens is 2. The molecule has 2 amide bonds. The summed E-state index contributed by atoms with van der Waals surface area (Å²) in [4.78, 5) is 23.6. The van der Waals surface area contributed by atoms with E-state index in [0.717, 1.165) is 5.75 Å². The zero-order valence-corrected chi connectivity index (χ0v) is 15.9. The van der Waals surface area contributed by atoms with Gasteiger partial charge in [-0.15, -0.1) is 10.2 Å². The number of ether oxygens (including phenoxy) is 1. The minimum Gasteiger partial charge on any atom is -0.494 e. The van der Waals surface area contributed by atoms with Crippen LogP contribution >= 0.6 is 23.1 Å². The van der Waals surface area contributed by atoms with Crippen LogP contribution in [0.1, 0.15) is 20.8 Å². The Morgan fingerprint density at radius 2 is 1.92 bits per heavy atom. The van der Waals surface area contributed by atoms with E-state index in [1.807, 2.05) is 6.92 Å². The lowest BCUT2D eigenvalue weighted by atomic mass is 10.2. The van der Waals surface area contributed by atoms with Crippen LogP contribution in [0.3, 0.4) is 0 Å². The Labute approximate surface area is 154 Å². The van der Waals surface area contributed by atoms with Crippen molar-refractivity contribution in [2.24, 2.45) is 5.92 Å². The highest BCUT2D eigenvalue weighted by Crippen LogP contribution is 2.26. The molecule has 9 heteroatoms. The van der Waals surface area contributed by atoms with Crippen molar-refractivity contribution in [3.63, 3.8) is 0 Å². The third kappa shape index (κ3) is 6.35. The number of thioether (sulfide) groups is 1. The fraction of sp³-hybridized carbons (Fsp3) is 0.375. The number of nitrogens with zero attached hydrogens (tertiary/aromatic N) is 2. The van der Waals surface area contributed by atoms with Crippen molar-refractivity contribution < 1.29 is 14.3 Å². The summed E-state index contributed by atoms with van der Waals surface area (Å²) in [6.45, 7) is 6.12. The Bertz CT molecular complexity index is 716. The van der Waals surface area contributed by atoms with E-state index in [9.17, 15) is 9.59 Å². The van der Waals surface area contributed by atoms with Crippen molar-refractivity contribution in [2.75, 3.05) is 23.0 Å². The molecule has 0 unspecified atom stereocenters. The lowest BCUT2D eigenvalue weighted by molar-refractivity contribution is -0.119. The molecule has 0 bridgehead atoms. The zero-order chi connectivity index (χ0) is 18.2. The Hall–Kier alpha value is -2.13. The molecule has 2 N–H and O–H groups in total. The number of carbonyl (C=O) groups is 2. The lowest BCUT2D eigenvalue weighted by Crippen LogP contribution is -2.17. The van der Waals surface area contributed by atoms with Gasteiger partial charge in [-0.3, -0.25) is 9.59 Å². The molecule has 134 valence electrons. The second kappa shape index (κ2) is 9.38. The Morgan fingerprint density at radius 3 is 2.56 bits per heavy atom. The molecule has 0 aliphatic carbocycles. The molecule has 7 nitrogen and oxygen atoms in total. The maximum absolute atomic E-state index is 12.0. The molecule has 0 radical (unpaired) electrons. The first kappa shape index (κ1) is 19.2. The van der Waals surface area contributed by atoms with Gasteiger partial charge < -0.3 is 15.4 Å². The number of hydrogen-bond acceptors (Lipinski definition) is 7. The van der Waals surface area contributed by atoms with E-state index in [1.54, 1.807) is 38.1 Å². The molecule has 0 fully saturated rings. The van der Waals surface area contributed by atoms with E-state index in [1.165, 1.54) is 23.1 Å². The molecule has 0 atom stereocenters. The number of anilines is 2. The summed E-state index contributed by atoms with van der Waals surface area (Å²) in [6.07, 6.45) is 0. The van der Waals surface area contributed by atoms with Crippen LogP contribution in [0.4, 0.5) is 10.8 Å². The van der Waals surface area contributed by atoms with Gasteiger partial charge in [0, 0.05) is 11.6 Å². The van der Waals surface area contributed by atoms with Crippen molar-refractivity contribution >= 4 is 45.7 Å². The van der Waals surface area contributed by atoms with Crippen LogP contribution in [0.2, 0.25) is 0 Å². The predicted octanol–water partition coefficient (Wildman–Crippen LogP) is 3.26. The third-order valence-electron chi connectivity index (χ3n) is 2.94. The molecule has 0 spiro atoms. The van der Waals surface area contributed by atoms with Gasteiger partial charge in [-0.1, -0.05) is 36.9 Å². The van der Waals surface area contributed by atoms with E-state index in [4.69, 9.17) is 4.74 Å². The molecule has 25 heavy (non-hydrogen) atoms. The van der Waals surface area contributed by atoms with Crippen molar-refractivity contribution in [3.8, 4) is 5.75 Å². The van der Waals surface area contributed by atoms with Gasteiger partial charge in [0.2, 0.25) is 16.9 Å². The average molecular weight is 380 g/mol. The molecular formula is C16H20N4O3S2. The number of benzene rings is 1. The largest absolute Gasteiger partial charge is 0.494 e. The molecule has 0 aliphatic heterocycles. The maximum Gasteiger partial charge on any atom is 0.234 e. The minimum atomic E-state index is -0.142. The quantitative estimate of drug-likeness (QED) is 0.539.